The van der Waals surface area contributed by atoms with Gasteiger partial charge in [-0.2, -0.15) is 0 Å². The molecule has 24 heavy (non-hydrogen) atoms. The first-order valence-electron chi connectivity index (χ1n) is 8.06. The smallest absolute Gasteiger partial charge is 0.238 e. The number of aliphatic hydroxyl groups excluding tert-OH is 1. The molecule has 0 bridgehead atoms. The first kappa shape index (κ1) is 18.0. The van der Waals surface area contributed by atoms with Gasteiger partial charge in [-0.3, -0.25) is 4.79 Å². The van der Waals surface area contributed by atoms with Gasteiger partial charge in [0.25, 0.3) is 0 Å². The van der Waals surface area contributed by atoms with E-state index >= 15 is 0 Å². The SMILES string of the molecule is COc1ccc(NC(=O)CNC(CCCO)c2ccccc2)cc1. The number of carbonyl (C=O) groups is 1. The Balaban J connectivity index is 1.89. The third kappa shape index (κ3) is 5.68. The minimum Gasteiger partial charge on any atom is -0.497 e. The van der Waals surface area contributed by atoms with E-state index in [2.05, 4.69) is 10.6 Å². The summed E-state index contributed by atoms with van der Waals surface area (Å²) in [6.45, 7) is 0.347. The van der Waals surface area contributed by atoms with Gasteiger partial charge in [-0.1, -0.05) is 30.3 Å². The van der Waals surface area contributed by atoms with Crippen LogP contribution in [0.1, 0.15) is 24.4 Å². The zero-order valence-electron chi connectivity index (χ0n) is 13.9. The molecule has 1 atom stereocenters. The van der Waals surface area contributed by atoms with Crippen molar-refractivity contribution in [1.29, 1.82) is 0 Å². The van der Waals surface area contributed by atoms with E-state index in [1.165, 1.54) is 0 Å². The van der Waals surface area contributed by atoms with Crippen molar-refractivity contribution in [2.24, 2.45) is 0 Å². The highest BCUT2D eigenvalue weighted by atomic mass is 16.5. The summed E-state index contributed by atoms with van der Waals surface area (Å²) in [5, 5.41) is 15.2. The Hall–Kier alpha value is -2.37. The Labute approximate surface area is 142 Å². The lowest BCUT2D eigenvalue weighted by Gasteiger charge is -2.18. The second-order valence-corrected chi connectivity index (χ2v) is 5.49. The molecular weight excluding hydrogens is 304 g/mol. The average molecular weight is 328 g/mol. The van der Waals surface area contributed by atoms with Crippen molar-refractivity contribution in [2.75, 3.05) is 25.6 Å². The summed E-state index contributed by atoms with van der Waals surface area (Å²) in [5.41, 5.74) is 1.84. The molecule has 0 aliphatic carbocycles. The molecule has 0 aromatic heterocycles. The number of hydrogen-bond acceptors (Lipinski definition) is 4. The fourth-order valence-electron chi connectivity index (χ4n) is 2.46. The van der Waals surface area contributed by atoms with E-state index in [1.807, 2.05) is 30.3 Å². The molecule has 0 aliphatic heterocycles. The predicted molar refractivity (Wildman–Crippen MR) is 95.1 cm³/mol. The van der Waals surface area contributed by atoms with Crippen LogP contribution in [-0.4, -0.2) is 31.3 Å². The van der Waals surface area contributed by atoms with Crippen molar-refractivity contribution in [3.8, 4) is 5.75 Å². The molecule has 128 valence electrons. The van der Waals surface area contributed by atoms with E-state index in [0.29, 0.717) is 6.42 Å². The molecule has 0 saturated heterocycles. The number of nitrogens with one attached hydrogen (secondary N) is 2. The number of ether oxygens (including phenoxy) is 1. The summed E-state index contributed by atoms with van der Waals surface area (Å²) in [6.07, 6.45) is 1.46. The largest absolute Gasteiger partial charge is 0.497 e. The third-order valence-electron chi connectivity index (χ3n) is 3.74. The Bertz CT molecular complexity index is 614. The van der Waals surface area contributed by atoms with Crippen LogP contribution in [0.5, 0.6) is 5.75 Å². The predicted octanol–water partition coefficient (Wildman–Crippen LogP) is 2.74. The van der Waals surface area contributed by atoms with Gasteiger partial charge in [0.1, 0.15) is 5.75 Å². The number of methoxy groups -OCH3 is 1. The van der Waals surface area contributed by atoms with Crippen LogP contribution in [0, 0.1) is 0 Å². The molecule has 5 nitrogen and oxygen atoms in total. The number of amides is 1. The van der Waals surface area contributed by atoms with Crippen LogP contribution in [0.15, 0.2) is 54.6 Å². The maximum absolute atomic E-state index is 12.1. The van der Waals surface area contributed by atoms with Gasteiger partial charge < -0.3 is 20.5 Å². The van der Waals surface area contributed by atoms with E-state index in [1.54, 1.807) is 31.4 Å². The van der Waals surface area contributed by atoms with Gasteiger partial charge in [0.15, 0.2) is 0 Å². The van der Waals surface area contributed by atoms with Gasteiger partial charge >= 0.3 is 0 Å². The molecule has 2 aromatic carbocycles. The van der Waals surface area contributed by atoms with Crippen molar-refractivity contribution in [2.45, 2.75) is 18.9 Å². The van der Waals surface area contributed by atoms with Crippen molar-refractivity contribution in [3.05, 3.63) is 60.2 Å². The van der Waals surface area contributed by atoms with Crippen molar-refractivity contribution < 1.29 is 14.6 Å². The van der Waals surface area contributed by atoms with Gasteiger partial charge in [-0.15, -0.1) is 0 Å². The maximum atomic E-state index is 12.1. The molecule has 0 heterocycles. The Morgan fingerprint density at radius 3 is 2.46 bits per heavy atom. The minimum absolute atomic E-state index is 0.0416. The summed E-state index contributed by atoms with van der Waals surface area (Å²) < 4.78 is 5.09. The normalized spacial score (nSPS) is 11.8. The number of hydrogen-bond donors (Lipinski definition) is 3. The minimum atomic E-state index is -0.106. The fourth-order valence-corrected chi connectivity index (χ4v) is 2.46. The number of benzene rings is 2. The summed E-state index contributed by atoms with van der Waals surface area (Å²) in [7, 11) is 1.60. The molecule has 0 fully saturated rings. The van der Waals surface area contributed by atoms with Crippen molar-refractivity contribution in [1.82, 2.24) is 5.32 Å². The molecule has 1 unspecified atom stereocenters. The monoisotopic (exact) mass is 328 g/mol. The molecule has 2 rings (SSSR count). The molecule has 5 heteroatoms. The van der Waals surface area contributed by atoms with Gasteiger partial charge in [0, 0.05) is 18.3 Å². The Morgan fingerprint density at radius 2 is 1.83 bits per heavy atom. The van der Waals surface area contributed by atoms with Crippen LogP contribution in [0.25, 0.3) is 0 Å². The van der Waals surface area contributed by atoms with E-state index < -0.39 is 0 Å². The van der Waals surface area contributed by atoms with Gasteiger partial charge in [-0.05, 0) is 42.7 Å². The molecule has 0 aliphatic rings. The van der Waals surface area contributed by atoms with Gasteiger partial charge in [0.05, 0.1) is 13.7 Å². The van der Waals surface area contributed by atoms with Crippen molar-refractivity contribution >= 4 is 11.6 Å². The molecule has 0 radical (unpaired) electrons. The van der Waals surface area contributed by atoms with E-state index in [0.717, 1.165) is 23.4 Å². The lowest BCUT2D eigenvalue weighted by Crippen LogP contribution is -2.31. The number of rotatable bonds is 9. The molecule has 1 amide bonds. The quantitative estimate of drug-likeness (QED) is 0.662. The average Bonchev–Trinajstić information content (AvgIpc) is 2.63. The van der Waals surface area contributed by atoms with Gasteiger partial charge in [0.2, 0.25) is 5.91 Å². The summed E-state index contributed by atoms with van der Waals surface area (Å²) in [4.78, 5) is 12.1. The molecule has 0 saturated carbocycles. The lowest BCUT2D eigenvalue weighted by molar-refractivity contribution is -0.115. The lowest BCUT2D eigenvalue weighted by atomic mass is 10.0. The standard InChI is InChI=1S/C19H24N2O3/c1-24-17-11-9-16(10-12-17)21-19(23)14-20-18(8-5-13-22)15-6-3-2-4-7-15/h2-4,6-7,9-12,18,20,22H,5,8,13-14H2,1H3,(H,21,23). The van der Waals surface area contributed by atoms with Crippen molar-refractivity contribution in [3.63, 3.8) is 0 Å². The highest BCUT2D eigenvalue weighted by Gasteiger charge is 2.12. The van der Waals surface area contributed by atoms with Gasteiger partial charge in [-0.25, -0.2) is 0 Å². The van der Waals surface area contributed by atoms with Crippen LogP contribution in [-0.2, 0) is 4.79 Å². The van der Waals surface area contributed by atoms with E-state index in [-0.39, 0.29) is 25.1 Å². The van der Waals surface area contributed by atoms with Crippen LogP contribution < -0.4 is 15.4 Å². The highest BCUT2D eigenvalue weighted by molar-refractivity contribution is 5.92. The topological polar surface area (TPSA) is 70.6 Å². The second-order valence-electron chi connectivity index (χ2n) is 5.49. The molecule has 2 aromatic rings. The Kier molecular flexibility index (Phi) is 7.26. The summed E-state index contributed by atoms with van der Waals surface area (Å²) >= 11 is 0. The highest BCUT2D eigenvalue weighted by Crippen LogP contribution is 2.18. The number of aliphatic hydroxyl groups is 1. The molecule has 3 N–H and O–H groups in total. The molecular formula is C19H24N2O3. The zero-order valence-corrected chi connectivity index (χ0v) is 13.9. The summed E-state index contributed by atoms with van der Waals surface area (Å²) in [6, 6.07) is 17.2. The first-order chi connectivity index (χ1) is 11.7. The Morgan fingerprint density at radius 1 is 1.12 bits per heavy atom. The third-order valence-corrected chi connectivity index (χ3v) is 3.74. The van der Waals surface area contributed by atoms with Crippen LogP contribution in [0.2, 0.25) is 0 Å². The number of carbonyl (C=O) groups excluding carboxylic acids is 1. The fraction of sp³-hybridized carbons (Fsp3) is 0.316. The molecule has 0 spiro atoms. The second kappa shape index (κ2) is 9.70. The van der Waals surface area contributed by atoms with E-state index in [4.69, 9.17) is 9.84 Å². The zero-order chi connectivity index (χ0) is 17.2. The summed E-state index contributed by atoms with van der Waals surface area (Å²) in [5.74, 6) is 0.643. The number of anilines is 1. The first-order valence-corrected chi connectivity index (χ1v) is 8.06. The van der Waals surface area contributed by atoms with Crippen LogP contribution in [0.4, 0.5) is 5.69 Å². The van der Waals surface area contributed by atoms with Crippen LogP contribution >= 0.6 is 0 Å². The maximum Gasteiger partial charge on any atom is 0.238 e. The van der Waals surface area contributed by atoms with E-state index in [9.17, 15) is 4.79 Å². The van der Waals surface area contributed by atoms with Crippen LogP contribution in [0.3, 0.4) is 0 Å².